The van der Waals surface area contributed by atoms with E-state index >= 15 is 0 Å². The molecule has 9 heteroatoms. The number of nitrogens with one attached hydrogen (secondary N) is 1. The lowest BCUT2D eigenvalue weighted by molar-refractivity contribution is 0.102. The van der Waals surface area contributed by atoms with Gasteiger partial charge in [0.2, 0.25) is 0 Å². The van der Waals surface area contributed by atoms with Crippen LogP contribution in [-0.4, -0.2) is 18.9 Å². The summed E-state index contributed by atoms with van der Waals surface area (Å²) in [5.74, 6) is -0.850. The number of nitrogen functional groups attached to an aromatic ring is 2. The molecule has 1 amide bonds. The SMILES string of the molecule is Nc1ccc(NC(=O)c2ccc(N)c(OS(=O)(=O)O)c2)cc1. The summed E-state index contributed by atoms with van der Waals surface area (Å²) in [7, 11) is -4.73. The molecule has 0 saturated carbocycles. The van der Waals surface area contributed by atoms with E-state index in [-0.39, 0.29) is 17.0 Å². The Morgan fingerprint density at radius 3 is 2.32 bits per heavy atom. The van der Waals surface area contributed by atoms with E-state index in [0.29, 0.717) is 11.4 Å². The van der Waals surface area contributed by atoms with Crippen molar-refractivity contribution in [1.82, 2.24) is 0 Å². The molecule has 0 heterocycles. The lowest BCUT2D eigenvalue weighted by Gasteiger charge is -2.09. The van der Waals surface area contributed by atoms with Crippen LogP contribution in [0.2, 0.25) is 0 Å². The van der Waals surface area contributed by atoms with Gasteiger partial charge in [-0.2, -0.15) is 8.42 Å². The van der Waals surface area contributed by atoms with E-state index < -0.39 is 16.3 Å². The third kappa shape index (κ3) is 4.11. The highest BCUT2D eigenvalue weighted by atomic mass is 32.3. The summed E-state index contributed by atoms with van der Waals surface area (Å²) in [4.78, 5) is 12.1. The van der Waals surface area contributed by atoms with Crippen molar-refractivity contribution in [2.24, 2.45) is 0 Å². The minimum Gasteiger partial charge on any atom is -0.399 e. The first kappa shape index (κ1) is 15.6. The van der Waals surface area contributed by atoms with Crippen molar-refractivity contribution in [3.63, 3.8) is 0 Å². The van der Waals surface area contributed by atoms with Crippen molar-refractivity contribution in [1.29, 1.82) is 0 Å². The Labute approximate surface area is 126 Å². The molecule has 2 rings (SSSR count). The largest absolute Gasteiger partial charge is 0.446 e. The summed E-state index contributed by atoms with van der Waals surface area (Å²) < 4.78 is 34.4. The van der Waals surface area contributed by atoms with Crippen LogP contribution in [0, 0.1) is 0 Å². The fourth-order valence-corrected chi connectivity index (χ4v) is 2.00. The number of anilines is 3. The van der Waals surface area contributed by atoms with Crippen LogP contribution in [0.3, 0.4) is 0 Å². The van der Waals surface area contributed by atoms with Gasteiger partial charge in [0.05, 0.1) is 5.69 Å². The molecule has 0 fully saturated rings. The molecule has 8 nitrogen and oxygen atoms in total. The Morgan fingerprint density at radius 2 is 1.73 bits per heavy atom. The van der Waals surface area contributed by atoms with Crippen LogP contribution in [0.5, 0.6) is 5.75 Å². The van der Waals surface area contributed by atoms with Crippen LogP contribution in [0.15, 0.2) is 42.5 Å². The normalized spacial score (nSPS) is 11.0. The maximum atomic E-state index is 12.1. The van der Waals surface area contributed by atoms with Crippen molar-refractivity contribution in [3.8, 4) is 5.75 Å². The number of carbonyl (C=O) groups is 1. The molecule has 0 bridgehead atoms. The molecule has 0 aromatic heterocycles. The van der Waals surface area contributed by atoms with Gasteiger partial charge in [-0.1, -0.05) is 0 Å². The van der Waals surface area contributed by atoms with E-state index in [9.17, 15) is 13.2 Å². The lowest BCUT2D eigenvalue weighted by Crippen LogP contribution is -2.13. The summed E-state index contributed by atoms with van der Waals surface area (Å²) in [5.41, 5.74) is 12.2. The monoisotopic (exact) mass is 323 g/mol. The van der Waals surface area contributed by atoms with E-state index in [0.717, 1.165) is 6.07 Å². The third-order valence-corrected chi connectivity index (χ3v) is 3.03. The van der Waals surface area contributed by atoms with Gasteiger partial charge in [-0.25, -0.2) is 0 Å². The van der Waals surface area contributed by atoms with Gasteiger partial charge >= 0.3 is 10.4 Å². The molecule has 116 valence electrons. The standard InChI is InChI=1S/C13H13N3O5S/c14-9-2-4-10(5-3-9)16-13(17)8-1-6-11(15)12(7-8)21-22(18,19)20/h1-7H,14-15H2,(H,16,17)(H,18,19,20). The molecule has 6 N–H and O–H groups in total. The molecule has 0 aliphatic rings. The number of amides is 1. The molecule has 0 radical (unpaired) electrons. The third-order valence-electron chi connectivity index (χ3n) is 2.64. The zero-order valence-corrected chi connectivity index (χ0v) is 12.0. The van der Waals surface area contributed by atoms with Crippen LogP contribution in [0.25, 0.3) is 0 Å². The van der Waals surface area contributed by atoms with Gasteiger partial charge in [0.15, 0.2) is 5.75 Å². The summed E-state index contributed by atoms with van der Waals surface area (Å²) >= 11 is 0. The second-order valence-corrected chi connectivity index (χ2v) is 5.36. The number of nitrogens with two attached hydrogens (primary N) is 2. The number of benzene rings is 2. The fourth-order valence-electron chi connectivity index (χ4n) is 1.63. The van der Waals surface area contributed by atoms with Crippen LogP contribution < -0.4 is 21.0 Å². The van der Waals surface area contributed by atoms with Crippen molar-refractivity contribution in [2.45, 2.75) is 0 Å². The average molecular weight is 323 g/mol. The van der Waals surface area contributed by atoms with E-state index in [1.165, 1.54) is 12.1 Å². The van der Waals surface area contributed by atoms with E-state index in [4.69, 9.17) is 16.0 Å². The molecular formula is C13H13N3O5S. The summed E-state index contributed by atoms with van der Waals surface area (Å²) in [5, 5.41) is 2.59. The number of hydrogen-bond acceptors (Lipinski definition) is 6. The van der Waals surface area contributed by atoms with Crippen LogP contribution in [0.4, 0.5) is 17.1 Å². The summed E-state index contributed by atoms with van der Waals surface area (Å²) in [6, 6.07) is 10.2. The Kier molecular flexibility index (Phi) is 4.20. The van der Waals surface area contributed by atoms with Gasteiger partial charge in [-0.3, -0.25) is 9.35 Å². The molecule has 0 atom stereocenters. The fraction of sp³-hybridized carbons (Fsp3) is 0. The predicted octanol–water partition coefficient (Wildman–Crippen LogP) is 1.28. The van der Waals surface area contributed by atoms with Gasteiger partial charge in [0.1, 0.15) is 0 Å². The zero-order chi connectivity index (χ0) is 16.3. The first-order valence-corrected chi connectivity index (χ1v) is 7.34. The Balaban J connectivity index is 2.23. The Morgan fingerprint density at radius 1 is 1.09 bits per heavy atom. The quantitative estimate of drug-likeness (QED) is 0.490. The average Bonchev–Trinajstić information content (AvgIpc) is 2.42. The second kappa shape index (κ2) is 5.92. The molecule has 0 aliphatic heterocycles. The van der Waals surface area contributed by atoms with Gasteiger partial charge in [-0.15, -0.1) is 0 Å². The predicted molar refractivity (Wildman–Crippen MR) is 81.8 cm³/mol. The minimum atomic E-state index is -4.73. The van der Waals surface area contributed by atoms with Crippen molar-refractivity contribution < 1.29 is 21.9 Å². The molecule has 22 heavy (non-hydrogen) atoms. The molecule has 0 unspecified atom stereocenters. The van der Waals surface area contributed by atoms with Gasteiger partial charge in [0.25, 0.3) is 5.91 Å². The summed E-state index contributed by atoms with van der Waals surface area (Å²) in [6.07, 6.45) is 0. The first-order chi connectivity index (χ1) is 10.2. The van der Waals surface area contributed by atoms with E-state index in [2.05, 4.69) is 9.50 Å². The molecule has 0 spiro atoms. The maximum Gasteiger partial charge on any atom is 0.446 e. The van der Waals surface area contributed by atoms with E-state index in [1.54, 1.807) is 24.3 Å². The number of hydrogen-bond donors (Lipinski definition) is 4. The highest BCUT2D eigenvalue weighted by Crippen LogP contribution is 2.24. The highest BCUT2D eigenvalue weighted by molar-refractivity contribution is 7.81. The van der Waals surface area contributed by atoms with Crippen LogP contribution in [-0.2, 0) is 10.4 Å². The number of carbonyl (C=O) groups excluding carboxylic acids is 1. The second-order valence-electron chi connectivity index (χ2n) is 4.34. The van der Waals surface area contributed by atoms with Crippen LogP contribution >= 0.6 is 0 Å². The molecule has 2 aromatic carbocycles. The maximum absolute atomic E-state index is 12.1. The topological polar surface area (TPSA) is 145 Å². The smallest absolute Gasteiger partial charge is 0.399 e. The van der Waals surface area contributed by atoms with Crippen LogP contribution in [0.1, 0.15) is 10.4 Å². The zero-order valence-electron chi connectivity index (χ0n) is 11.2. The number of rotatable bonds is 4. The summed E-state index contributed by atoms with van der Waals surface area (Å²) in [6.45, 7) is 0. The Bertz CT molecular complexity index is 803. The first-order valence-electron chi connectivity index (χ1n) is 5.98. The van der Waals surface area contributed by atoms with Gasteiger partial charge in [-0.05, 0) is 42.5 Å². The van der Waals surface area contributed by atoms with Crippen molar-refractivity contribution >= 4 is 33.4 Å². The van der Waals surface area contributed by atoms with Crippen molar-refractivity contribution in [3.05, 3.63) is 48.0 Å². The molecular weight excluding hydrogens is 310 g/mol. The Hall–Kier alpha value is -2.78. The molecule has 0 saturated heterocycles. The highest BCUT2D eigenvalue weighted by Gasteiger charge is 2.14. The minimum absolute atomic E-state index is 0.0401. The van der Waals surface area contributed by atoms with Crippen molar-refractivity contribution in [2.75, 3.05) is 16.8 Å². The van der Waals surface area contributed by atoms with Gasteiger partial charge in [0, 0.05) is 16.9 Å². The molecule has 0 aliphatic carbocycles. The van der Waals surface area contributed by atoms with Gasteiger partial charge < -0.3 is 21.0 Å². The van der Waals surface area contributed by atoms with E-state index in [1.807, 2.05) is 0 Å². The lowest BCUT2D eigenvalue weighted by atomic mass is 10.1. The molecule has 2 aromatic rings.